The monoisotopic (exact) mass is 583 g/mol. The molecular weight excluding hydrogens is 554 g/mol. The van der Waals surface area contributed by atoms with Gasteiger partial charge in [-0.1, -0.05) is 24.3 Å². The van der Waals surface area contributed by atoms with Crippen LogP contribution >= 0.6 is 0 Å². The number of ketones is 4. The minimum Gasteiger partial charge on any atom is -0.507 e. The van der Waals surface area contributed by atoms with Gasteiger partial charge in [0.15, 0.2) is 23.1 Å². The molecule has 0 bridgehead atoms. The standard InChI is InChI=1S/C33H29NO9/c1-6-7-8-9-17-13-16-12-15-10-11-33(25(15)27(37)20(16)32(40)34(17)2)30(38)23-24(31(33)39)29(43-5)22-21(28(23)42-4)18(35)14-19(41-3)26(22)36/h6-9,12-14,22,29,37H,10-11H2,1-5H3/b7-6+,9-8+. The number of aromatic hydroxyl groups is 1. The second-order valence-corrected chi connectivity index (χ2v) is 10.9. The number of carbonyl (C=O) groups is 4. The highest BCUT2D eigenvalue weighted by molar-refractivity contribution is 6.36. The molecule has 220 valence electrons. The first-order chi connectivity index (χ1) is 20.6. The minimum absolute atomic E-state index is 0.0160. The van der Waals surface area contributed by atoms with Gasteiger partial charge in [0.25, 0.3) is 5.56 Å². The number of carbonyl (C=O) groups excluding carboxylic acids is 4. The lowest BCUT2D eigenvalue weighted by Crippen LogP contribution is -2.44. The van der Waals surface area contributed by atoms with Crippen molar-refractivity contribution >= 4 is 40.0 Å². The highest BCUT2D eigenvalue weighted by Gasteiger charge is 2.65. The summed E-state index contributed by atoms with van der Waals surface area (Å²) in [6.45, 7) is 1.87. The molecule has 1 aromatic carbocycles. The molecule has 0 aliphatic heterocycles. The van der Waals surface area contributed by atoms with Gasteiger partial charge in [0.1, 0.15) is 23.0 Å². The van der Waals surface area contributed by atoms with Gasteiger partial charge in [0.2, 0.25) is 5.78 Å². The van der Waals surface area contributed by atoms with Crippen LogP contribution in [0.2, 0.25) is 0 Å². The smallest absolute Gasteiger partial charge is 0.262 e. The first-order valence-electron chi connectivity index (χ1n) is 13.8. The first-order valence-corrected chi connectivity index (χ1v) is 13.8. The molecule has 0 radical (unpaired) electrons. The number of pyridine rings is 1. The van der Waals surface area contributed by atoms with Gasteiger partial charge in [-0.15, -0.1) is 0 Å². The third-order valence-electron chi connectivity index (χ3n) is 9.01. The molecule has 2 aromatic rings. The summed E-state index contributed by atoms with van der Waals surface area (Å²) in [6.07, 6.45) is 7.27. The topological polar surface area (TPSA) is 138 Å². The molecule has 4 aliphatic carbocycles. The Labute approximate surface area is 246 Å². The molecule has 1 N–H and O–H groups in total. The molecule has 0 saturated heterocycles. The number of benzene rings is 1. The number of phenolic OH excluding ortho intramolecular Hbond substituents is 1. The number of ether oxygens (including phenoxy) is 3. The predicted molar refractivity (Wildman–Crippen MR) is 155 cm³/mol. The summed E-state index contributed by atoms with van der Waals surface area (Å²) in [6, 6.07) is 3.50. The van der Waals surface area contributed by atoms with E-state index in [1.165, 1.54) is 25.9 Å². The zero-order chi connectivity index (χ0) is 31.0. The van der Waals surface area contributed by atoms with Crippen LogP contribution in [0.1, 0.15) is 30.2 Å². The van der Waals surface area contributed by atoms with E-state index in [0.29, 0.717) is 16.6 Å². The van der Waals surface area contributed by atoms with E-state index in [0.717, 1.165) is 6.08 Å². The second-order valence-electron chi connectivity index (χ2n) is 10.9. The van der Waals surface area contributed by atoms with Gasteiger partial charge in [-0.25, -0.2) is 0 Å². The van der Waals surface area contributed by atoms with Crippen molar-refractivity contribution in [2.75, 3.05) is 21.3 Å². The molecule has 0 amide bonds. The number of Topliss-reactive ketones (excluding diaryl/α,β-unsaturated/α-hetero) is 3. The van der Waals surface area contributed by atoms with Gasteiger partial charge in [-0.2, -0.15) is 0 Å². The first kappa shape index (κ1) is 28.3. The molecule has 0 saturated carbocycles. The highest BCUT2D eigenvalue weighted by Crippen LogP contribution is 2.57. The maximum atomic E-state index is 14.5. The maximum absolute atomic E-state index is 14.5. The van der Waals surface area contributed by atoms with Crippen molar-refractivity contribution in [2.45, 2.75) is 31.3 Å². The highest BCUT2D eigenvalue weighted by atomic mass is 16.5. The van der Waals surface area contributed by atoms with E-state index in [1.54, 1.807) is 31.3 Å². The summed E-state index contributed by atoms with van der Waals surface area (Å²) in [4.78, 5) is 69.2. The van der Waals surface area contributed by atoms with Crippen LogP contribution in [0, 0.1) is 5.92 Å². The summed E-state index contributed by atoms with van der Waals surface area (Å²) >= 11 is 0. The van der Waals surface area contributed by atoms with Crippen molar-refractivity contribution in [1.29, 1.82) is 0 Å². The van der Waals surface area contributed by atoms with Crippen LogP contribution in [0.5, 0.6) is 5.75 Å². The van der Waals surface area contributed by atoms with Crippen molar-refractivity contribution in [1.82, 2.24) is 4.57 Å². The van der Waals surface area contributed by atoms with E-state index < -0.39 is 51.9 Å². The number of fused-ring (bicyclic) bond motifs is 4. The van der Waals surface area contributed by atoms with Crippen LogP contribution in [0.4, 0.5) is 0 Å². The van der Waals surface area contributed by atoms with Crippen molar-refractivity contribution in [3.63, 3.8) is 0 Å². The van der Waals surface area contributed by atoms with Crippen molar-refractivity contribution in [3.05, 3.63) is 91.8 Å². The van der Waals surface area contributed by atoms with Gasteiger partial charge in [0.05, 0.1) is 36.7 Å². The minimum atomic E-state index is -1.88. The predicted octanol–water partition coefficient (Wildman–Crippen LogP) is 2.69. The van der Waals surface area contributed by atoms with Gasteiger partial charge >= 0.3 is 0 Å². The van der Waals surface area contributed by atoms with E-state index in [1.807, 2.05) is 19.1 Å². The number of phenols is 1. The molecule has 6 rings (SSSR count). The summed E-state index contributed by atoms with van der Waals surface area (Å²) in [5.41, 5.74) is -1.50. The zero-order valence-electron chi connectivity index (χ0n) is 24.3. The quantitative estimate of drug-likeness (QED) is 0.416. The van der Waals surface area contributed by atoms with E-state index in [2.05, 4.69) is 0 Å². The summed E-state index contributed by atoms with van der Waals surface area (Å²) in [5, 5.41) is 12.2. The van der Waals surface area contributed by atoms with Crippen molar-refractivity contribution in [3.8, 4) is 5.75 Å². The van der Waals surface area contributed by atoms with Gasteiger partial charge in [0, 0.05) is 37.1 Å². The average Bonchev–Trinajstić information content (AvgIpc) is 3.48. The van der Waals surface area contributed by atoms with Crippen LogP contribution in [-0.2, 0) is 52.3 Å². The molecular formula is C33H29NO9. The van der Waals surface area contributed by atoms with Crippen LogP contribution in [0.15, 0.2) is 69.5 Å². The van der Waals surface area contributed by atoms with E-state index in [4.69, 9.17) is 14.2 Å². The Bertz CT molecular complexity index is 1920. The Balaban J connectivity index is 1.58. The normalized spacial score (nSPS) is 25.0. The second kappa shape index (κ2) is 9.88. The molecule has 4 aliphatic rings. The molecule has 10 nitrogen and oxygen atoms in total. The number of allylic oxidation sites excluding steroid dienone is 6. The van der Waals surface area contributed by atoms with Crippen LogP contribution in [-0.4, -0.2) is 60.2 Å². The average molecular weight is 584 g/mol. The molecule has 1 spiro atoms. The Morgan fingerprint density at radius 1 is 1.00 bits per heavy atom. The van der Waals surface area contributed by atoms with Crippen LogP contribution in [0.3, 0.4) is 0 Å². The Hall–Kier alpha value is -4.83. The number of aryl methyl sites for hydroxylation is 1. The molecule has 3 unspecified atom stereocenters. The number of rotatable bonds is 5. The van der Waals surface area contributed by atoms with E-state index in [-0.39, 0.29) is 52.0 Å². The summed E-state index contributed by atoms with van der Waals surface area (Å²) in [5.74, 6) is -4.59. The lowest BCUT2D eigenvalue weighted by atomic mass is 9.73. The molecule has 3 atom stereocenters. The molecule has 1 aromatic heterocycles. The van der Waals surface area contributed by atoms with Crippen molar-refractivity contribution < 1.29 is 38.5 Å². The fourth-order valence-electron chi connectivity index (χ4n) is 7.08. The Kier molecular flexibility index (Phi) is 6.50. The number of hydrogen-bond acceptors (Lipinski definition) is 9. The Morgan fingerprint density at radius 3 is 2.40 bits per heavy atom. The largest absolute Gasteiger partial charge is 0.507 e. The fourth-order valence-corrected chi connectivity index (χ4v) is 7.08. The summed E-state index contributed by atoms with van der Waals surface area (Å²) in [7, 11) is 5.37. The molecule has 43 heavy (non-hydrogen) atoms. The fraction of sp³-hybridized carbons (Fsp3) is 0.303. The van der Waals surface area contributed by atoms with Crippen LogP contribution in [0.25, 0.3) is 16.8 Å². The van der Waals surface area contributed by atoms with Crippen LogP contribution < -0.4 is 5.56 Å². The number of methoxy groups -OCH3 is 3. The summed E-state index contributed by atoms with van der Waals surface area (Å²) < 4.78 is 17.8. The maximum Gasteiger partial charge on any atom is 0.262 e. The zero-order valence-corrected chi connectivity index (χ0v) is 24.3. The third kappa shape index (κ3) is 3.53. The third-order valence-corrected chi connectivity index (χ3v) is 9.01. The van der Waals surface area contributed by atoms with Gasteiger partial charge < -0.3 is 23.9 Å². The SMILES string of the molecule is C/C=C/C=C/c1cc2cc3c(c(O)c2c(=O)n1C)C1(CC3)C(=O)C2=C(C1=O)C(OC)C1C(=O)C(OC)=CC(=O)C1=C2OC. The molecule has 1 heterocycles. The van der Waals surface area contributed by atoms with Crippen molar-refractivity contribution in [2.24, 2.45) is 13.0 Å². The van der Waals surface area contributed by atoms with E-state index >= 15 is 0 Å². The number of aromatic nitrogens is 1. The number of hydrogen-bond donors (Lipinski definition) is 1. The lowest BCUT2D eigenvalue weighted by molar-refractivity contribution is -0.130. The van der Waals surface area contributed by atoms with Gasteiger partial charge in [-0.05, 0) is 42.9 Å². The number of nitrogens with zero attached hydrogens (tertiary/aromatic N) is 1. The molecule has 0 fully saturated rings. The van der Waals surface area contributed by atoms with E-state index in [9.17, 15) is 29.1 Å². The lowest BCUT2D eigenvalue weighted by Gasteiger charge is -2.34. The van der Waals surface area contributed by atoms with Gasteiger partial charge in [-0.3, -0.25) is 24.0 Å². The Morgan fingerprint density at radius 2 is 1.74 bits per heavy atom. The molecule has 10 heteroatoms.